The Morgan fingerprint density at radius 3 is 2.00 bits per heavy atom. The molecule has 7 nitrogen and oxygen atoms in total. The van der Waals surface area contributed by atoms with Crippen molar-refractivity contribution in [3.8, 4) is 5.75 Å². The van der Waals surface area contributed by atoms with Gasteiger partial charge in [-0.1, -0.05) is 51.7 Å². The first-order valence-electron chi connectivity index (χ1n) is 11.9. The third-order valence-electron chi connectivity index (χ3n) is 5.39. The summed E-state index contributed by atoms with van der Waals surface area (Å²) in [7, 11) is 0. The van der Waals surface area contributed by atoms with Crippen molar-refractivity contribution >= 4 is 29.5 Å². The third-order valence-corrected chi connectivity index (χ3v) is 6.06. The standard InChI is InChI=1S/C25H41N3O4S/c1-5-7-9-15-28(16-10-8-6-2)25(32)23(18-33-4)27-24(31)22(26-19(3)29)17-20-11-13-21(30)14-12-20/h11-14,22-23,30H,5-10,15-18H2,1-4H3,(H,26,29)(H,27,31)/t22-,23-/m0/s1. The lowest BCUT2D eigenvalue weighted by molar-refractivity contribution is -0.136. The molecule has 8 heteroatoms. The molecule has 0 unspecified atom stereocenters. The van der Waals surface area contributed by atoms with Crippen molar-refractivity contribution in [1.29, 1.82) is 0 Å². The van der Waals surface area contributed by atoms with Gasteiger partial charge in [-0.25, -0.2) is 0 Å². The molecule has 0 saturated carbocycles. The van der Waals surface area contributed by atoms with Crippen LogP contribution in [0.5, 0.6) is 5.75 Å². The number of rotatable bonds is 16. The minimum absolute atomic E-state index is 0.0592. The molecule has 0 aliphatic heterocycles. The van der Waals surface area contributed by atoms with Crippen LogP contribution < -0.4 is 10.6 Å². The molecule has 1 aromatic rings. The fourth-order valence-corrected chi connectivity index (χ4v) is 4.15. The SMILES string of the molecule is CCCCCN(CCCCC)C(=O)[C@H](CSC)NC(=O)[C@H](Cc1ccc(O)cc1)NC(C)=O. The molecule has 2 atom stereocenters. The van der Waals surface area contributed by atoms with Gasteiger partial charge in [-0.05, 0) is 36.8 Å². The maximum absolute atomic E-state index is 13.4. The van der Waals surface area contributed by atoms with Gasteiger partial charge in [-0.3, -0.25) is 14.4 Å². The van der Waals surface area contributed by atoms with Gasteiger partial charge in [0.05, 0.1) is 0 Å². The Bertz CT molecular complexity index is 717. The van der Waals surface area contributed by atoms with Crippen molar-refractivity contribution in [3.63, 3.8) is 0 Å². The number of aromatic hydroxyl groups is 1. The number of hydrogen-bond acceptors (Lipinski definition) is 5. The van der Waals surface area contributed by atoms with Crippen molar-refractivity contribution in [2.24, 2.45) is 0 Å². The van der Waals surface area contributed by atoms with E-state index in [0.29, 0.717) is 18.8 Å². The highest BCUT2D eigenvalue weighted by Gasteiger charge is 2.29. The second-order valence-electron chi connectivity index (χ2n) is 8.38. The predicted molar refractivity (Wildman–Crippen MR) is 135 cm³/mol. The monoisotopic (exact) mass is 479 g/mol. The van der Waals surface area contributed by atoms with Gasteiger partial charge in [0.25, 0.3) is 0 Å². The zero-order valence-corrected chi connectivity index (χ0v) is 21.4. The van der Waals surface area contributed by atoms with E-state index >= 15 is 0 Å². The lowest BCUT2D eigenvalue weighted by Gasteiger charge is -2.29. The summed E-state index contributed by atoms with van der Waals surface area (Å²) in [5.41, 5.74) is 0.801. The number of benzene rings is 1. The minimum atomic E-state index is -0.808. The topological polar surface area (TPSA) is 98.7 Å². The van der Waals surface area contributed by atoms with Gasteiger partial charge in [0, 0.05) is 32.2 Å². The molecule has 3 N–H and O–H groups in total. The summed E-state index contributed by atoms with van der Waals surface area (Å²) in [5.74, 6) is -0.156. The van der Waals surface area contributed by atoms with Crippen LogP contribution in [0.25, 0.3) is 0 Å². The molecule has 0 aliphatic rings. The number of nitrogens with zero attached hydrogens (tertiary/aromatic N) is 1. The first-order chi connectivity index (χ1) is 15.8. The van der Waals surface area contributed by atoms with E-state index in [1.54, 1.807) is 24.3 Å². The molecule has 0 spiro atoms. The van der Waals surface area contributed by atoms with Gasteiger partial charge in [0.1, 0.15) is 17.8 Å². The van der Waals surface area contributed by atoms with Crippen molar-refractivity contribution in [3.05, 3.63) is 29.8 Å². The van der Waals surface area contributed by atoms with Crippen molar-refractivity contribution in [1.82, 2.24) is 15.5 Å². The molecule has 1 rings (SSSR count). The number of amides is 3. The number of hydrogen-bond donors (Lipinski definition) is 3. The summed E-state index contributed by atoms with van der Waals surface area (Å²) >= 11 is 1.51. The molecular formula is C25H41N3O4S. The number of carbonyl (C=O) groups is 3. The quantitative estimate of drug-likeness (QED) is 0.315. The van der Waals surface area contributed by atoms with Crippen LogP contribution in [0.2, 0.25) is 0 Å². The fourth-order valence-electron chi connectivity index (χ4n) is 3.59. The van der Waals surface area contributed by atoms with E-state index in [-0.39, 0.29) is 29.9 Å². The average molecular weight is 480 g/mol. The summed E-state index contributed by atoms with van der Waals surface area (Å²) in [4.78, 5) is 40.1. The predicted octanol–water partition coefficient (Wildman–Crippen LogP) is 3.50. The first kappa shape index (κ1) is 28.8. The molecule has 3 amide bonds. The molecule has 0 fully saturated rings. The van der Waals surface area contributed by atoms with Gasteiger partial charge in [-0.2, -0.15) is 11.8 Å². The fraction of sp³-hybridized carbons (Fsp3) is 0.640. The second kappa shape index (κ2) is 16.4. The number of phenols is 1. The zero-order valence-electron chi connectivity index (χ0n) is 20.6. The van der Waals surface area contributed by atoms with Crippen molar-refractivity contribution < 1.29 is 19.5 Å². The maximum atomic E-state index is 13.4. The van der Waals surface area contributed by atoms with E-state index in [9.17, 15) is 19.5 Å². The van der Waals surface area contributed by atoms with Gasteiger partial charge in [-0.15, -0.1) is 0 Å². The Kier molecular flexibility index (Phi) is 14.3. The summed E-state index contributed by atoms with van der Waals surface area (Å²) in [6, 6.07) is 5.06. The molecule has 0 aliphatic carbocycles. The number of thioether (sulfide) groups is 1. The van der Waals surface area contributed by atoms with Crippen LogP contribution in [0.4, 0.5) is 0 Å². The molecule has 0 bridgehead atoms. The molecule has 186 valence electrons. The highest BCUT2D eigenvalue weighted by atomic mass is 32.2. The first-order valence-corrected chi connectivity index (χ1v) is 13.3. The summed E-state index contributed by atoms with van der Waals surface area (Å²) < 4.78 is 0. The van der Waals surface area contributed by atoms with E-state index in [1.807, 2.05) is 11.2 Å². The lowest BCUT2D eigenvalue weighted by Crippen LogP contribution is -2.56. The molecule has 1 aromatic carbocycles. The number of nitrogens with one attached hydrogen (secondary N) is 2. The zero-order chi connectivity index (χ0) is 24.6. The van der Waals surface area contributed by atoms with Gasteiger partial charge in [0.15, 0.2) is 0 Å². The Morgan fingerprint density at radius 1 is 0.939 bits per heavy atom. The van der Waals surface area contributed by atoms with Crippen LogP contribution in [0.3, 0.4) is 0 Å². The highest BCUT2D eigenvalue weighted by Crippen LogP contribution is 2.13. The smallest absolute Gasteiger partial charge is 0.246 e. The van der Waals surface area contributed by atoms with Crippen LogP contribution >= 0.6 is 11.8 Å². The molecule has 0 aromatic heterocycles. The lowest BCUT2D eigenvalue weighted by atomic mass is 10.0. The minimum Gasteiger partial charge on any atom is -0.508 e. The van der Waals surface area contributed by atoms with Crippen LogP contribution in [0.1, 0.15) is 64.9 Å². The molecular weight excluding hydrogens is 438 g/mol. The number of carbonyl (C=O) groups excluding carboxylic acids is 3. The van der Waals surface area contributed by atoms with E-state index in [1.165, 1.54) is 18.7 Å². The van der Waals surface area contributed by atoms with E-state index in [2.05, 4.69) is 24.5 Å². The number of phenolic OH excluding ortho intramolecular Hbond substituents is 1. The Morgan fingerprint density at radius 2 is 1.52 bits per heavy atom. The van der Waals surface area contributed by atoms with E-state index < -0.39 is 12.1 Å². The average Bonchev–Trinajstić information content (AvgIpc) is 2.78. The molecule has 0 radical (unpaired) electrons. The van der Waals surface area contributed by atoms with Crippen molar-refractivity contribution in [2.45, 2.75) is 77.8 Å². The van der Waals surface area contributed by atoms with Crippen molar-refractivity contribution in [2.75, 3.05) is 25.1 Å². The van der Waals surface area contributed by atoms with Crippen LogP contribution in [0, 0.1) is 0 Å². The molecule has 33 heavy (non-hydrogen) atoms. The van der Waals surface area contributed by atoms with E-state index in [4.69, 9.17) is 0 Å². The normalized spacial score (nSPS) is 12.6. The number of unbranched alkanes of at least 4 members (excludes halogenated alkanes) is 4. The summed E-state index contributed by atoms with van der Waals surface area (Å²) in [5, 5.41) is 15.1. The molecule has 0 heterocycles. The highest BCUT2D eigenvalue weighted by molar-refractivity contribution is 7.98. The summed E-state index contributed by atoms with van der Waals surface area (Å²) in [6.07, 6.45) is 8.36. The Balaban J connectivity index is 2.95. The largest absolute Gasteiger partial charge is 0.508 e. The molecule has 0 saturated heterocycles. The third kappa shape index (κ3) is 11.5. The van der Waals surface area contributed by atoms with Gasteiger partial charge < -0.3 is 20.6 Å². The summed E-state index contributed by atoms with van der Waals surface area (Å²) in [6.45, 7) is 7.02. The van der Waals surface area contributed by atoms with E-state index in [0.717, 1.165) is 44.1 Å². The van der Waals surface area contributed by atoms with Crippen LogP contribution in [0.15, 0.2) is 24.3 Å². The van der Waals surface area contributed by atoms with Gasteiger partial charge in [0.2, 0.25) is 17.7 Å². The van der Waals surface area contributed by atoms with Gasteiger partial charge >= 0.3 is 0 Å². The Hall–Kier alpha value is -2.22. The van der Waals surface area contributed by atoms with Crippen LogP contribution in [-0.2, 0) is 20.8 Å². The second-order valence-corrected chi connectivity index (χ2v) is 9.29. The maximum Gasteiger partial charge on any atom is 0.246 e. The Labute approximate surface area is 203 Å². The van der Waals surface area contributed by atoms with Crippen LogP contribution in [-0.4, -0.2) is 64.9 Å².